The third-order valence-corrected chi connectivity index (χ3v) is 7.53. The fourth-order valence-electron chi connectivity index (χ4n) is 4.56. The average molecular weight is 451 g/mol. The predicted octanol–water partition coefficient (Wildman–Crippen LogP) is 5.55. The van der Waals surface area contributed by atoms with Gasteiger partial charge in [0.2, 0.25) is 5.43 Å². The van der Waals surface area contributed by atoms with Crippen LogP contribution in [0.25, 0.3) is 31.8 Å². The van der Waals surface area contributed by atoms with E-state index in [-0.39, 0.29) is 23.1 Å². The molecule has 0 radical (unpaired) electrons. The fourth-order valence-corrected chi connectivity index (χ4v) is 5.86. The van der Waals surface area contributed by atoms with Crippen LogP contribution in [0.15, 0.2) is 34.3 Å². The van der Waals surface area contributed by atoms with E-state index in [4.69, 9.17) is 15.0 Å². The maximum Gasteiger partial charge on any atom is 0.343 e. The number of ether oxygens (including phenoxy) is 2. The zero-order valence-corrected chi connectivity index (χ0v) is 18.6. The normalized spacial score (nSPS) is 17.5. The summed E-state index contributed by atoms with van der Waals surface area (Å²) in [5, 5.41) is 4.43. The summed E-state index contributed by atoms with van der Waals surface area (Å²) in [5.74, 6) is -0.0220. The summed E-state index contributed by atoms with van der Waals surface area (Å²) in [6.45, 7) is 0. The van der Waals surface area contributed by atoms with Gasteiger partial charge < -0.3 is 14.0 Å². The lowest BCUT2D eigenvalue weighted by atomic mass is 9.95. The highest BCUT2D eigenvalue weighted by atomic mass is 32.1. The van der Waals surface area contributed by atoms with Crippen LogP contribution in [0.1, 0.15) is 58.6 Å². The maximum absolute atomic E-state index is 13.1. The molecule has 2 aromatic heterocycles. The molecule has 8 nitrogen and oxygen atoms in total. The number of thiophene rings is 1. The van der Waals surface area contributed by atoms with E-state index in [9.17, 15) is 9.59 Å². The maximum atomic E-state index is 13.1. The molecule has 2 aliphatic carbocycles. The molecule has 164 valence electrons. The topological polar surface area (TPSA) is 106 Å². The van der Waals surface area contributed by atoms with Gasteiger partial charge in [-0.1, -0.05) is 5.11 Å². The molecule has 1 fully saturated rings. The van der Waals surface area contributed by atoms with Gasteiger partial charge in [0.1, 0.15) is 5.56 Å². The Labute approximate surface area is 188 Å². The number of aryl methyl sites for hydroxylation is 1. The van der Waals surface area contributed by atoms with Crippen molar-refractivity contribution in [2.24, 2.45) is 5.11 Å². The number of rotatable bonds is 5. The van der Waals surface area contributed by atoms with Crippen LogP contribution in [-0.4, -0.2) is 24.8 Å². The third-order valence-electron chi connectivity index (χ3n) is 6.22. The first kappa shape index (κ1) is 20.6. The molecule has 0 amide bonds. The number of esters is 1. The molecule has 2 heterocycles. The number of nitrogens with zero attached hydrogens (tertiary/aromatic N) is 4. The molecule has 0 spiro atoms. The molecule has 32 heavy (non-hydrogen) atoms. The third kappa shape index (κ3) is 3.25. The lowest BCUT2D eigenvalue weighted by Crippen LogP contribution is -2.20. The number of azide groups is 1. The van der Waals surface area contributed by atoms with Gasteiger partial charge in [-0.05, 0) is 61.4 Å². The number of methoxy groups -OCH3 is 2. The highest BCUT2D eigenvalue weighted by Crippen LogP contribution is 2.47. The van der Waals surface area contributed by atoms with Crippen molar-refractivity contribution in [3.05, 3.63) is 61.1 Å². The molecule has 1 saturated carbocycles. The predicted molar refractivity (Wildman–Crippen MR) is 123 cm³/mol. The molecule has 0 saturated heterocycles. The molecular weight excluding hydrogens is 428 g/mol. The van der Waals surface area contributed by atoms with Crippen molar-refractivity contribution in [1.29, 1.82) is 0 Å². The van der Waals surface area contributed by atoms with Gasteiger partial charge in [-0.25, -0.2) is 4.79 Å². The van der Waals surface area contributed by atoms with Gasteiger partial charge in [0.05, 0.1) is 31.2 Å². The summed E-state index contributed by atoms with van der Waals surface area (Å²) in [4.78, 5) is 30.5. The first-order valence-electron chi connectivity index (χ1n) is 10.6. The number of pyridine rings is 1. The summed E-state index contributed by atoms with van der Waals surface area (Å²) in [6.07, 6.45) is 6.36. The molecule has 5 rings (SSSR count). The van der Waals surface area contributed by atoms with Crippen molar-refractivity contribution in [3.8, 4) is 16.2 Å². The second-order valence-electron chi connectivity index (χ2n) is 8.16. The van der Waals surface area contributed by atoms with Gasteiger partial charge in [-0.15, -0.1) is 11.3 Å². The number of carbonyl (C=O) groups excluding carboxylic acids is 1. The van der Waals surface area contributed by atoms with Crippen molar-refractivity contribution in [3.63, 3.8) is 0 Å². The average Bonchev–Trinajstić information content (AvgIpc) is 3.56. The van der Waals surface area contributed by atoms with Crippen molar-refractivity contribution >= 4 is 28.2 Å². The summed E-state index contributed by atoms with van der Waals surface area (Å²) < 4.78 is 12.7. The van der Waals surface area contributed by atoms with Crippen LogP contribution in [0.5, 0.6) is 5.75 Å². The van der Waals surface area contributed by atoms with Gasteiger partial charge in [0.15, 0.2) is 5.75 Å². The number of aromatic nitrogens is 1. The van der Waals surface area contributed by atoms with E-state index < -0.39 is 5.97 Å². The van der Waals surface area contributed by atoms with E-state index in [0.717, 1.165) is 47.4 Å². The van der Waals surface area contributed by atoms with E-state index in [0.29, 0.717) is 16.7 Å². The largest absolute Gasteiger partial charge is 0.494 e. The summed E-state index contributed by atoms with van der Waals surface area (Å²) in [5.41, 5.74) is 11.4. The van der Waals surface area contributed by atoms with Crippen LogP contribution in [-0.2, 0) is 11.2 Å². The molecule has 2 aliphatic rings. The van der Waals surface area contributed by atoms with Crippen molar-refractivity contribution in [2.75, 3.05) is 14.2 Å². The molecule has 3 aromatic rings. The Bertz CT molecular complexity index is 1350. The minimum absolute atomic E-state index is 0.0329. The second-order valence-corrected chi connectivity index (χ2v) is 9.24. The molecule has 0 bridgehead atoms. The molecule has 1 aromatic carbocycles. The number of fused-ring (bicyclic) bond motifs is 2. The Morgan fingerprint density at radius 1 is 1.28 bits per heavy atom. The second kappa shape index (κ2) is 8.00. The monoisotopic (exact) mass is 450 g/mol. The highest BCUT2D eigenvalue weighted by Gasteiger charge is 2.30. The van der Waals surface area contributed by atoms with E-state index >= 15 is 0 Å². The van der Waals surface area contributed by atoms with Gasteiger partial charge in [0, 0.05) is 32.5 Å². The number of hydrogen-bond acceptors (Lipinski definition) is 6. The Kier molecular flexibility index (Phi) is 5.15. The minimum Gasteiger partial charge on any atom is -0.494 e. The fraction of sp³-hybridized carbons (Fsp3) is 0.391. The van der Waals surface area contributed by atoms with E-state index in [2.05, 4.69) is 16.1 Å². The van der Waals surface area contributed by atoms with Gasteiger partial charge >= 0.3 is 5.97 Å². The van der Waals surface area contributed by atoms with Crippen molar-refractivity contribution < 1.29 is 14.3 Å². The molecule has 1 unspecified atom stereocenters. The zero-order chi connectivity index (χ0) is 22.4. The van der Waals surface area contributed by atoms with Gasteiger partial charge in [-0.3, -0.25) is 4.79 Å². The molecule has 1 atom stereocenters. The standard InChI is InChI=1S/C23H22N4O4S/c1-30-21-14(18-10-12-4-3-5-17(25-26-24)22(12)32-18)8-9-15-19(21)27(13-6-7-13)11-16(20(15)28)23(29)31-2/h8-11,13,17H,3-7H2,1-2H3. The Balaban J connectivity index is 1.75. The first-order chi connectivity index (χ1) is 15.6. The van der Waals surface area contributed by atoms with Crippen LogP contribution in [0, 0.1) is 0 Å². The minimum atomic E-state index is -0.635. The Morgan fingerprint density at radius 3 is 2.78 bits per heavy atom. The zero-order valence-electron chi connectivity index (χ0n) is 17.8. The van der Waals surface area contributed by atoms with Crippen molar-refractivity contribution in [2.45, 2.75) is 44.2 Å². The quantitative estimate of drug-likeness (QED) is 0.220. The summed E-state index contributed by atoms with van der Waals surface area (Å²) >= 11 is 1.61. The Hall–Kier alpha value is -3.29. The van der Waals surface area contributed by atoms with Crippen LogP contribution >= 0.6 is 11.3 Å². The Morgan fingerprint density at radius 2 is 2.09 bits per heavy atom. The number of benzene rings is 1. The van der Waals surface area contributed by atoms with Gasteiger partial charge in [-0.2, -0.15) is 0 Å². The number of hydrogen-bond donors (Lipinski definition) is 0. The lowest BCUT2D eigenvalue weighted by Gasteiger charge is -2.17. The van der Waals surface area contributed by atoms with Crippen LogP contribution in [0.3, 0.4) is 0 Å². The lowest BCUT2D eigenvalue weighted by molar-refractivity contribution is 0.0598. The summed E-state index contributed by atoms with van der Waals surface area (Å²) in [6, 6.07) is 5.87. The van der Waals surface area contributed by atoms with E-state index in [1.165, 1.54) is 12.7 Å². The van der Waals surface area contributed by atoms with E-state index in [1.807, 2.05) is 10.6 Å². The summed E-state index contributed by atoms with van der Waals surface area (Å²) in [7, 11) is 2.88. The SMILES string of the molecule is COC(=O)c1cn(C2CC2)c2c(OC)c(-c3cc4c(s3)C(N=[N+]=[N-])CCC4)ccc2c1=O. The van der Waals surface area contributed by atoms with Gasteiger partial charge in [0.25, 0.3) is 0 Å². The molecule has 0 aliphatic heterocycles. The first-order valence-corrected chi connectivity index (χ1v) is 11.4. The van der Waals surface area contributed by atoms with Crippen LogP contribution in [0.4, 0.5) is 0 Å². The number of carbonyl (C=O) groups is 1. The molecule has 9 heteroatoms. The smallest absolute Gasteiger partial charge is 0.343 e. The van der Waals surface area contributed by atoms with Crippen LogP contribution in [0.2, 0.25) is 0 Å². The molecular formula is C23H22N4O4S. The van der Waals surface area contributed by atoms with Crippen molar-refractivity contribution in [1.82, 2.24) is 4.57 Å². The highest BCUT2D eigenvalue weighted by molar-refractivity contribution is 7.15. The van der Waals surface area contributed by atoms with Crippen LogP contribution < -0.4 is 10.2 Å². The van der Waals surface area contributed by atoms with E-state index in [1.54, 1.807) is 30.7 Å². The molecule has 0 N–H and O–H groups in total.